The number of para-hydroxylation sites is 2. The normalized spacial score (nSPS) is 13.6. The molecule has 0 saturated heterocycles. The lowest BCUT2D eigenvalue weighted by atomic mass is 10.1. The lowest BCUT2D eigenvalue weighted by Gasteiger charge is -2.20. The first kappa shape index (κ1) is 16.7. The zero-order chi connectivity index (χ0) is 17.8. The number of aliphatic hydroxyl groups is 1. The zero-order valence-electron chi connectivity index (χ0n) is 13.2. The van der Waals surface area contributed by atoms with E-state index in [1.807, 2.05) is 70.6 Å². The van der Waals surface area contributed by atoms with Gasteiger partial charge in [-0.05, 0) is 12.1 Å². The third-order valence-electron chi connectivity index (χ3n) is 4.30. The van der Waals surface area contributed by atoms with Gasteiger partial charge in [0.05, 0.1) is 22.4 Å². The first-order valence-corrected chi connectivity index (χ1v) is 8.79. The zero-order valence-corrected chi connectivity index (χ0v) is 15.5. The smallest absolute Gasteiger partial charge is 0.221 e. The van der Waals surface area contributed by atoms with Crippen LogP contribution in [0.4, 0.5) is 0 Å². The van der Waals surface area contributed by atoms with E-state index in [9.17, 15) is 5.11 Å². The van der Waals surface area contributed by atoms with Gasteiger partial charge in [0.1, 0.15) is 6.10 Å². The van der Waals surface area contributed by atoms with E-state index >= 15 is 0 Å². The number of rotatable bonds is 2. The summed E-state index contributed by atoms with van der Waals surface area (Å²) >= 11 is 18.1. The molecule has 0 spiro atoms. The maximum absolute atomic E-state index is 10.8. The topological polar surface area (TPSA) is 42.5 Å². The van der Waals surface area contributed by atoms with Crippen molar-refractivity contribution < 1.29 is 5.11 Å². The van der Waals surface area contributed by atoms with E-state index in [1.54, 1.807) is 0 Å². The Morgan fingerprint density at radius 2 is 1.56 bits per heavy atom. The molecule has 0 aliphatic heterocycles. The quantitative estimate of drug-likeness (QED) is 0.492. The average molecular weight is 395 g/mol. The standard InChI is InChI=1S/C18H14Cl3N3O/c1-23-12-9-5-6-10-13(12)24-15(16(25)18(19,20)21)14(22-17(23)24)11-7-3-2-4-8-11/h2-10,16,25H,1H3/t16-/m1/s1. The fourth-order valence-electron chi connectivity index (χ4n) is 3.14. The molecule has 4 nitrogen and oxygen atoms in total. The van der Waals surface area contributed by atoms with Crippen LogP contribution in [0.1, 0.15) is 11.8 Å². The Morgan fingerprint density at radius 1 is 0.960 bits per heavy atom. The molecule has 1 atom stereocenters. The molecule has 0 radical (unpaired) electrons. The molecule has 4 rings (SSSR count). The van der Waals surface area contributed by atoms with E-state index in [2.05, 4.69) is 0 Å². The molecule has 0 amide bonds. The Bertz CT molecular complexity index is 1060. The number of halogens is 3. The van der Waals surface area contributed by atoms with E-state index in [4.69, 9.17) is 39.8 Å². The largest absolute Gasteiger partial charge is 0.382 e. The van der Waals surface area contributed by atoms with Gasteiger partial charge < -0.3 is 9.67 Å². The van der Waals surface area contributed by atoms with Gasteiger partial charge >= 0.3 is 0 Å². The van der Waals surface area contributed by atoms with Crippen LogP contribution in [0.5, 0.6) is 0 Å². The van der Waals surface area contributed by atoms with Crippen molar-refractivity contribution in [2.75, 3.05) is 0 Å². The maximum Gasteiger partial charge on any atom is 0.221 e. The Kier molecular flexibility index (Phi) is 3.96. The predicted octanol–water partition coefficient (Wildman–Crippen LogP) is 4.90. The van der Waals surface area contributed by atoms with Crippen LogP contribution in [-0.4, -0.2) is 22.9 Å². The lowest BCUT2D eigenvalue weighted by molar-refractivity contribution is 0.177. The van der Waals surface area contributed by atoms with Gasteiger partial charge in [0.2, 0.25) is 9.57 Å². The van der Waals surface area contributed by atoms with Crippen molar-refractivity contribution in [2.24, 2.45) is 7.05 Å². The lowest BCUT2D eigenvalue weighted by Crippen LogP contribution is -2.19. The summed E-state index contributed by atoms with van der Waals surface area (Å²) in [6.07, 6.45) is -1.34. The summed E-state index contributed by atoms with van der Waals surface area (Å²) in [6.45, 7) is 0. The van der Waals surface area contributed by atoms with Gasteiger partial charge in [-0.3, -0.25) is 4.40 Å². The van der Waals surface area contributed by atoms with E-state index in [0.29, 0.717) is 17.2 Å². The third kappa shape index (κ3) is 2.61. The molecule has 0 fully saturated rings. The van der Waals surface area contributed by atoms with Gasteiger partial charge in [0, 0.05) is 12.6 Å². The minimum absolute atomic E-state index is 0.456. The molecule has 0 unspecified atom stereocenters. The highest BCUT2D eigenvalue weighted by atomic mass is 35.6. The van der Waals surface area contributed by atoms with Crippen molar-refractivity contribution in [3.63, 3.8) is 0 Å². The first-order valence-electron chi connectivity index (χ1n) is 7.65. The summed E-state index contributed by atoms with van der Waals surface area (Å²) in [6, 6.07) is 17.4. The Hall–Kier alpha value is -1.72. The Balaban J connectivity index is 2.14. The highest BCUT2D eigenvalue weighted by molar-refractivity contribution is 6.68. The number of benzene rings is 2. The van der Waals surface area contributed by atoms with Gasteiger partial charge in [0.15, 0.2) is 0 Å². The van der Waals surface area contributed by atoms with E-state index < -0.39 is 9.90 Å². The summed E-state index contributed by atoms with van der Waals surface area (Å²) in [5.41, 5.74) is 3.76. The Labute approximate surface area is 159 Å². The molecule has 128 valence electrons. The second-order valence-electron chi connectivity index (χ2n) is 5.84. The highest BCUT2D eigenvalue weighted by Crippen LogP contribution is 2.44. The van der Waals surface area contributed by atoms with Crippen molar-refractivity contribution in [1.29, 1.82) is 0 Å². The van der Waals surface area contributed by atoms with Crippen molar-refractivity contribution in [3.05, 3.63) is 60.3 Å². The number of aromatic nitrogens is 3. The van der Waals surface area contributed by atoms with Crippen LogP contribution in [0.25, 0.3) is 28.1 Å². The highest BCUT2D eigenvalue weighted by Gasteiger charge is 2.37. The molecule has 0 bridgehead atoms. The molecule has 0 saturated carbocycles. The number of imidazole rings is 2. The fraction of sp³-hybridized carbons (Fsp3) is 0.167. The van der Waals surface area contributed by atoms with Crippen molar-refractivity contribution >= 4 is 51.6 Å². The monoisotopic (exact) mass is 393 g/mol. The van der Waals surface area contributed by atoms with E-state index in [-0.39, 0.29) is 0 Å². The summed E-state index contributed by atoms with van der Waals surface area (Å²) in [5, 5.41) is 10.8. The average Bonchev–Trinajstić information content (AvgIpc) is 3.11. The minimum Gasteiger partial charge on any atom is -0.382 e. The molecule has 2 aromatic heterocycles. The number of hydrogen-bond donors (Lipinski definition) is 1. The van der Waals surface area contributed by atoms with Gasteiger partial charge in [-0.2, -0.15) is 0 Å². The predicted molar refractivity (Wildman–Crippen MR) is 102 cm³/mol. The molecule has 0 aliphatic rings. The van der Waals surface area contributed by atoms with Crippen LogP contribution in [0.3, 0.4) is 0 Å². The molecular weight excluding hydrogens is 381 g/mol. The molecule has 2 aromatic carbocycles. The summed E-state index contributed by atoms with van der Waals surface area (Å²) in [5.74, 6) is 0.670. The van der Waals surface area contributed by atoms with Crippen LogP contribution < -0.4 is 0 Å². The van der Waals surface area contributed by atoms with Crippen molar-refractivity contribution in [1.82, 2.24) is 14.0 Å². The summed E-state index contributed by atoms with van der Waals surface area (Å²) < 4.78 is 1.93. The fourth-order valence-corrected chi connectivity index (χ4v) is 3.45. The molecule has 0 aliphatic carbocycles. The second kappa shape index (κ2) is 5.92. The third-order valence-corrected chi connectivity index (χ3v) is 4.92. The number of aliphatic hydroxyl groups excluding tert-OH is 1. The van der Waals surface area contributed by atoms with Crippen LogP contribution in [0.15, 0.2) is 54.6 Å². The molecule has 7 heteroatoms. The van der Waals surface area contributed by atoms with Crippen LogP contribution in [0, 0.1) is 0 Å². The van der Waals surface area contributed by atoms with Gasteiger partial charge in [-0.25, -0.2) is 4.98 Å². The number of aryl methyl sites for hydroxylation is 1. The molecular formula is C18H14Cl3N3O. The minimum atomic E-state index is -1.88. The molecule has 1 N–H and O–H groups in total. The number of hydrogen-bond acceptors (Lipinski definition) is 2. The van der Waals surface area contributed by atoms with Gasteiger partial charge in [-0.1, -0.05) is 77.3 Å². The number of nitrogens with zero attached hydrogens (tertiary/aromatic N) is 3. The summed E-state index contributed by atoms with van der Waals surface area (Å²) in [4.78, 5) is 4.74. The number of fused-ring (bicyclic) bond motifs is 3. The van der Waals surface area contributed by atoms with E-state index in [0.717, 1.165) is 16.6 Å². The van der Waals surface area contributed by atoms with Crippen LogP contribution in [0.2, 0.25) is 0 Å². The van der Waals surface area contributed by atoms with Gasteiger partial charge in [-0.15, -0.1) is 0 Å². The molecule has 25 heavy (non-hydrogen) atoms. The second-order valence-corrected chi connectivity index (χ2v) is 8.21. The SMILES string of the molecule is Cn1c2ccccc2n2c([C@@H](O)C(Cl)(Cl)Cl)c(-c3ccccc3)nc12. The van der Waals surface area contributed by atoms with Crippen LogP contribution >= 0.6 is 34.8 Å². The van der Waals surface area contributed by atoms with Crippen molar-refractivity contribution in [3.8, 4) is 11.3 Å². The maximum atomic E-state index is 10.8. The number of alkyl halides is 3. The van der Waals surface area contributed by atoms with E-state index in [1.165, 1.54) is 0 Å². The van der Waals surface area contributed by atoms with Crippen LogP contribution in [-0.2, 0) is 7.05 Å². The van der Waals surface area contributed by atoms with Gasteiger partial charge in [0.25, 0.3) is 0 Å². The molecule has 4 aromatic rings. The first-order chi connectivity index (χ1) is 11.9. The summed E-state index contributed by atoms with van der Waals surface area (Å²) in [7, 11) is 1.92. The Morgan fingerprint density at radius 3 is 2.20 bits per heavy atom. The molecule has 2 heterocycles. The van der Waals surface area contributed by atoms with Crippen molar-refractivity contribution in [2.45, 2.75) is 9.90 Å².